The van der Waals surface area contributed by atoms with Crippen molar-refractivity contribution in [2.24, 2.45) is 0 Å². The second-order valence-corrected chi connectivity index (χ2v) is 6.43. The highest BCUT2D eigenvalue weighted by Crippen LogP contribution is 2.21. The third kappa shape index (κ3) is 3.34. The lowest BCUT2D eigenvalue weighted by atomic mass is 10.3. The van der Waals surface area contributed by atoms with Crippen LogP contribution in [0.2, 0.25) is 0 Å². The molecule has 2 rings (SSSR count). The zero-order valence-corrected chi connectivity index (χ0v) is 12.0. The van der Waals surface area contributed by atoms with E-state index in [1.807, 2.05) is 19.3 Å². The average molecular weight is 267 g/mol. The molecule has 0 aliphatic heterocycles. The van der Waals surface area contributed by atoms with E-state index in [4.69, 9.17) is 0 Å². The van der Waals surface area contributed by atoms with Crippen LogP contribution in [-0.2, 0) is 13.0 Å². The second kappa shape index (κ2) is 5.71. The van der Waals surface area contributed by atoms with Gasteiger partial charge in [-0.25, -0.2) is 9.97 Å². The maximum atomic E-state index is 4.45. The molecule has 2 aromatic heterocycles. The summed E-state index contributed by atoms with van der Waals surface area (Å²) < 4.78 is 0. The number of thiazole rings is 2. The molecule has 92 valence electrons. The van der Waals surface area contributed by atoms with E-state index in [0.29, 0.717) is 6.04 Å². The Kier molecular flexibility index (Phi) is 4.25. The molecule has 0 aliphatic carbocycles. The molecule has 0 aliphatic rings. The SMILES string of the molecule is CCc1cnc(C(C)NCc2cnc(C)s2)s1. The molecule has 1 atom stereocenters. The van der Waals surface area contributed by atoms with Gasteiger partial charge in [0.25, 0.3) is 0 Å². The van der Waals surface area contributed by atoms with Crippen LogP contribution in [0.4, 0.5) is 0 Å². The van der Waals surface area contributed by atoms with Crippen LogP contribution < -0.4 is 5.32 Å². The van der Waals surface area contributed by atoms with Crippen molar-refractivity contribution in [3.63, 3.8) is 0 Å². The Morgan fingerprint density at radius 3 is 2.59 bits per heavy atom. The number of aromatic nitrogens is 2. The molecule has 5 heteroatoms. The fourth-order valence-electron chi connectivity index (χ4n) is 1.51. The Bertz CT molecular complexity index is 476. The zero-order valence-electron chi connectivity index (χ0n) is 10.4. The van der Waals surface area contributed by atoms with E-state index in [2.05, 4.69) is 29.1 Å². The van der Waals surface area contributed by atoms with Crippen molar-refractivity contribution < 1.29 is 0 Å². The van der Waals surface area contributed by atoms with Gasteiger partial charge in [0.1, 0.15) is 5.01 Å². The van der Waals surface area contributed by atoms with E-state index in [1.165, 1.54) is 14.8 Å². The summed E-state index contributed by atoms with van der Waals surface area (Å²) in [6.45, 7) is 7.22. The van der Waals surface area contributed by atoms with Gasteiger partial charge in [0.2, 0.25) is 0 Å². The minimum absolute atomic E-state index is 0.308. The van der Waals surface area contributed by atoms with Gasteiger partial charge in [-0.05, 0) is 20.3 Å². The lowest BCUT2D eigenvalue weighted by molar-refractivity contribution is 0.575. The smallest absolute Gasteiger partial charge is 0.109 e. The van der Waals surface area contributed by atoms with Crippen LogP contribution in [0.1, 0.15) is 39.7 Å². The lowest BCUT2D eigenvalue weighted by Gasteiger charge is -2.09. The first-order valence-corrected chi connectivity index (χ1v) is 7.41. The molecule has 1 N–H and O–H groups in total. The van der Waals surface area contributed by atoms with E-state index in [1.54, 1.807) is 22.7 Å². The van der Waals surface area contributed by atoms with Gasteiger partial charge >= 0.3 is 0 Å². The van der Waals surface area contributed by atoms with Crippen molar-refractivity contribution in [3.05, 3.63) is 32.2 Å². The Morgan fingerprint density at radius 2 is 2.00 bits per heavy atom. The third-order valence-corrected chi connectivity index (χ3v) is 4.78. The molecule has 17 heavy (non-hydrogen) atoms. The summed E-state index contributed by atoms with van der Waals surface area (Å²) in [5, 5.41) is 5.78. The number of nitrogens with one attached hydrogen (secondary N) is 1. The van der Waals surface area contributed by atoms with E-state index in [0.717, 1.165) is 18.0 Å². The predicted octanol–water partition coefficient (Wildman–Crippen LogP) is 3.32. The summed E-state index contributed by atoms with van der Waals surface area (Å²) in [6.07, 6.45) is 4.99. The fraction of sp³-hybridized carbons (Fsp3) is 0.500. The van der Waals surface area contributed by atoms with Crippen molar-refractivity contribution in [1.29, 1.82) is 0 Å². The topological polar surface area (TPSA) is 37.8 Å². The number of nitrogens with zero attached hydrogens (tertiary/aromatic N) is 2. The van der Waals surface area contributed by atoms with E-state index in [-0.39, 0.29) is 0 Å². The van der Waals surface area contributed by atoms with Gasteiger partial charge in [0.15, 0.2) is 0 Å². The van der Waals surface area contributed by atoms with Crippen LogP contribution in [0, 0.1) is 6.92 Å². The molecular weight excluding hydrogens is 250 g/mol. The number of hydrogen-bond donors (Lipinski definition) is 1. The molecule has 0 aromatic carbocycles. The lowest BCUT2D eigenvalue weighted by Crippen LogP contribution is -2.17. The van der Waals surface area contributed by atoms with Crippen molar-refractivity contribution in [2.45, 2.75) is 39.8 Å². The molecule has 0 saturated heterocycles. The first-order chi connectivity index (χ1) is 8.19. The Hall–Kier alpha value is -0.780. The maximum absolute atomic E-state index is 4.45. The van der Waals surface area contributed by atoms with Gasteiger partial charge in [-0.2, -0.15) is 0 Å². The molecule has 0 amide bonds. The molecule has 0 saturated carbocycles. The number of aryl methyl sites for hydroxylation is 2. The summed E-state index contributed by atoms with van der Waals surface area (Å²) in [5.41, 5.74) is 0. The van der Waals surface area contributed by atoms with Crippen LogP contribution in [0.15, 0.2) is 12.4 Å². The predicted molar refractivity (Wildman–Crippen MR) is 73.6 cm³/mol. The standard InChI is InChI=1S/C12H17N3S2/c1-4-10-5-15-12(17-10)8(2)13-6-11-7-14-9(3)16-11/h5,7-8,13H,4,6H2,1-3H3. The molecule has 3 nitrogen and oxygen atoms in total. The first-order valence-electron chi connectivity index (χ1n) is 5.78. The van der Waals surface area contributed by atoms with Crippen LogP contribution in [0.3, 0.4) is 0 Å². The van der Waals surface area contributed by atoms with Crippen molar-refractivity contribution in [1.82, 2.24) is 15.3 Å². The molecule has 0 spiro atoms. The highest BCUT2D eigenvalue weighted by atomic mass is 32.1. The van der Waals surface area contributed by atoms with Crippen molar-refractivity contribution >= 4 is 22.7 Å². The Morgan fingerprint density at radius 1 is 1.24 bits per heavy atom. The Labute approximate surface area is 110 Å². The van der Waals surface area contributed by atoms with Crippen molar-refractivity contribution in [3.8, 4) is 0 Å². The summed E-state index contributed by atoms with van der Waals surface area (Å²) in [7, 11) is 0. The minimum atomic E-state index is 0.308. The second-order valence-electron chi connectivity index (χ2n) is 3.97. The highest BCUT2D eigenvalue weighted by molar-refractivity contribution is 7.11. The molecular formula is C12H17N3S2. The monoisotopic (exact) mass is 267 g/mol. The van der Waals surface area contributed by atoms with Crippen molar-refractivity contribution in [2.75, 3.05) is 0 Å². The highest BCUT2D eigenvalue weighted by Gasteiger charge is 2.10. The van der Waals surface area contributed by atoms with Crippen LogP contribution in [-0.4, -0.2) is 9.97 Å². The Balaban J connectivity index is 1.90. The molecule has 0 fully saturated rings. The van der Waals surface area contributed by atoms with E-state index < -0.39 is 0 Å². The van der Waals surface area contributed by atoms with Gasteiger partial charge < -0.3 is 5.32 Å². The first kappa shape index (κ1) is 12.7. The van der Waals surface area contributed by atoms with Gasteiger partial charge in [-0.3, -0.25) is 0 Å². The largest absolute Gasteiger partial charge is 0.303 e. The molecule has 2 heterocycles. The summed E-state index contributed by atoms with van der Waals surface area (Å²) in [4.78, 5) is 11.3. The molecule has 0 radical (unpaired) electrons. The molecule has 0 bridgehead atoms. The van der Waals surface area contributed by atoms with Gasteiger partial charge in [0, 0.05) is 28.7 Å². The number of rotatable bonds is 5. The normalized spacial score (nSPS) is 12.9. The van der Waals surface area contributed by atoms with Gasteiger partial charge in [-0.1, -0.05) is 6.92 Å². The van der Waals surface area contributed by atoms with Crippen LogP contribution in [0.25, 0.3) is 0 Å². The summed E-state index contributed by atoms with van der Waals surface area (Å²) in [5.74, 6) is 0. The maximum Gasteiger partial charge on any atom is 0.109 e. The molecule has 1 unspecified atom stereocenters. The van der Waals surface area contributed by atoms with E-state index >= 15 is 0 Å². The average Bonchev–Trinajstić information content (AvgIpc) is 2.94. The summed E-state index contributed by atoms with van der Waals surface area (Å²) >= 11 is 3.54. The van der Waals surface area contributed by atoms with Gasteiger partial charge in [-0.15, -0.1) is 22.7 Å². The fourth-order valence-corrected chi connectivity index (χ4v) is 3.14. The van der Waals surface area contributed by atoms with E-state index in [9.17, 15) is 0 Å². The number of hydrogen-bond acceptors (Lipinski definition) is 5. The quantitative estimate of drug-likeness (QED) is 0.903. The van der Waals surface area contributed by atoms with Crippen LogP contribution >= 0.6 is 22.7 Å². The minimum Gasteiger partial charge on any atom is -0.303 e. The van der Waals surface area contributed by atoms with Gasteiger partial charge in [0.05, 0.1) is 11.0 Å². The molecule has 2 aromatic rings. The van der Waals surface area contributed by atoms with Crippen LogP contribution in [0.5, 0.6) is 0 Å². The zero-order chi connectivity index (χ0) is 12.3. The summed E-state index contributed by atoms with van der Waals surface area (Å²) in [6, 6.07) is 0.308. The third-order valence-electron chi connectivity index (χ3n) is 2.54.